The molecule has 0 radical (unpaired) electrons. The van der Waals surface area contributed by atoms with Gasteiger partial charge in [-0.2, -0.15) is 0 Å². The fourth-order valence-corrected chi connectivity index (χ4v) is 7.88. The van der Waals surface area contributed by atoms with Crippen LogP contribution in [0.4, 0.5) is 17.1 Å². The number of fused-ring (bicyclic) bond motifs is 5. The second-order valence-corrected chi connectivity index (χ2v) is 13.1. The van der Waals surface area contributed by atoms with E-state index in [4.69, 9.17) is 4.74 Å². The lowest BCUT2D eigenvalue weighted by atomic mass is 9.80. The highest BCUT2D eigenvalue weighted by Crippen LogP contribution is 2.57. The molecule has 1 aliphatic heterocycles. The van der Waals surface area contributed by atoms with Crippen molar-refractivity contribution in [2.24, 2.45) is 0 Å². The summed E-state index contributed by atoms with van der Waals surface area (Å²) in [5.74, 6) is 1.27. The molecule has 1 atom stereocenters. The Bertz CT molecular complexity index is 2280. The first-order chi connectivity index (χ1) is 23.6. The SMILES string of the molecule is CC(C)c1c2c(c3cccc4c3c1-c1ccccc1-4)OC(c1ccccc1)(c1ccc(N(c3ccccc3)c3ccccc3)cc1)C=C2. The minimum absolute atomic E-state index is 0.316. The second kappa shape index (κ2) is 11.1. The molecule has 9 rings (SSSR count). The standard InChI is InChI=1S/C46H35NO/c1-31(2)42-41-29-30-46(32-15-6-3-7-16-32,48-45(41)40-24-14-23-38-37-21-12-13-22-39(37)44(42)43(38)40)33-25-27-36(28-26-33)47(34-17-8-4-9-18-34)35-19-10-5-11-20-35/h3-31H,1-2H3. The van der Waals surface area contributed by atoms with Crippen molar-refractivity contribution in [2.75, 3.05) is 4.90 Å². The van der Waals surface area contributed by atoms with Gasteiger partial charge in [0.05, 0.1) is 0 Å². The van der Waals surface area contributed by atoms with Crippen molar-refractivity contribution in [3.05, 3.63) is 186 Å². The highest BCUT2D eigenvalue weighted by molar-refractivity contribution is 6.19. The topological polar surface area (TPSA) is 12.5 Å². The fourth-order valence-electron chi connectivity index (χ4n) is 7.88. The van der Waals surface area contributed by atoms with E-state index in [1.807, 2.05) is 0 Å². The number of ether oxygens (including phenoxy) is 1. The summed E-state index contributed by atoms with van der Waals surface area (Å²) in [5.41, 5.74) is 12.5. The first-order valence-electron chi connectivity index (χ1n) is 16.8. The molecule has 0 saturated heterocycles. The van der Waals surface area contributed by atoms with Crippen LogP contribution in [0, 0.1) is 0 Å². The molecule has 2 nitrogen and oxygen atoms in total. The second-order valence-electron chi connectivity index (χ2n) is 13.1. The van der Waals surface area contributed by atoms with Gasteiger partial charge >= 0.3 is 0 Å². The van der Waals surface area contributed by atoms with Crippen LogP contribution in [0.25, 0.3) is 39.1 Å². The molecule has 1 aliphatic carbocycles. The van der Waals surface area contributed by atoms with Gasteiger partial charge in [-0.25, -0.2) is 0 Å². The van der Waals surface area contributed by atoms with Gasteiger partial charge in [0.2, 0.25) is 0 Å². The summed E-state index contributed by atoms with van der Waals surface area (Å²) in [6, 6.07) is 56.2. The van der Waals surface area contributed by atoms with Gasteiger partial charge in [-0.05, 0) is 76.2 Å². The molecule has 0 N–H and O–H groups in total. The average molecular weight is 618 g/mol. The number of hydrogen-bond acceptors (Lipinski definition) is 2. The first kappa shape index (κ1) is 28.4. The molecule has 2 heteroatoms. The lowest BCUT2D eigenvalue weighted by molar-refractivity contribution is 0.163. The molecule has 0 spiro atoms. The third-order valence-corrected chi connectivity index (χ3v) is 9.96. The van der Waals surface area contributed by atoms with Crippen molar-refractivity contribution in [1.29, 1.82) is 0 Å². The predicted octanol–water partition coefficient (Wildman–Crippen LogP) is 12.4. The van der Waals surface area contributed by atoms with Crippen molar-refractivity contribution >= 4 is 33.9 Å². The van der Waals surface area contributed by atoms with Gasteiger partial charge in [0.15, 0.2) is 5.60 Å². The highest BCUT2D eigenvalue weighted by atomic mass is 16.5. The lowest BCUT2D eigenvalue weighted by Gasteiger charge is -2.38. The van der Waals surface area contributed by atoms with Gasteiger partial charge in [-0.3, -0.25) is 0 Å². The van der Waals surface area contributed by atoms with E-state index in [1.54, 1.807) is 0 Å². The van der Waals surface area contributed by atoms with Crippen LogP contribution >= 0.6 is 0 Å². The van der Waals surface area contributed by atoms with E-state index < -0.39 is 5.60 Å². The molecule has 1 heterocycles. The van der Waals surface area contributed by atoms with Crippen molar-refractivity contribution in [3.8, 4) is 28.0 Å². The molecule has 48 heavy (non-hydrogen) atoms. The zero-order chi connectivity index (χ0) is 32.2. The van der Waals surface area contributed by atoms with Gasteiger partial charge in [-0.15, -0.1) is 0 Å². The van der Waals surface area contributed by atoms with Crippen molar-refractivity contribution in [2.45, 2.75) is 25.4 Å². The molecule has 0 bridgehead atoms. The van der Waals surface area contributed by atoms with Crippen LogP contribution in [-0.4, -0.2) is 0 Å². The molecule has 7 aromatic rings. The molecule has 2 aliphatic rings. The van der Waals surface area contributed by atoms with E-state index in [0.717, 1.165) is 33.9 Å². The molecule has 0 fully saturated rings. The fraction of sp³-hybridized carbons (Fsp3) is 0.0870. The predicted molar refractivity (Wildman–Crippen MR) is 200 cm³/mol. The lowest BCUT2D eigenvalue weighted by Crippen LogP contribution is -2.34. The summed E-state index contributed by atoms with van der Waals surface area (Å²) in [6.07, 6.45) is 4.61. The van der Waals surface area contributed by atoms with Gasteiger partial charge in [0.1, 0.15) is 5.75 Å². The Labute approximate surface area is 282 Å². The maximum atomic E-state index is 7.50. The Kier molecular flexibility index (Phi) is 6.58. The van der Waals surface area contributed by atoms with Crippen LogP contribution in [0.3, 0.4) is 0 Å². The quantitative estimate of drug-likeness (QED) is 0.184. The zero-order valence-electron chi connectivity index (χ0n) is 27.1. The Hall–Kier alpha value is -5.86. The molecule has 7 aromatic carbocycles. The van der Waals surface area contributed by atoms with Crippen LogP contribution in [-0.2, 0) is 5.60 Å². The van der Waals surface area contributed by atoms with E-state index in [2.05, 4.69) is 189 Å². The average Bonchev–Trinajstić information content (AvgIpc) is 3.48. The molecular formula is C46H35NO. The summed E-state index contributed by atoms with van der Waals surface area (Å²) < 4.78 is 7.50. The van der Waals surface area contributed by atoms with Crippen LogP contribution in [0.5, 0.6) is 5.75 Å². The maximum Gasteiger partial charge on any atom is 0.178 e. The van der Waals surface area contributed by atoms with E-state index in [9.17, 15) is 0 Å². The van der Waals surface area contributed by atoms with Gasteiger partial charge in [0, 0.05) is 44.5 Å². The smallest absolute Gasteiger partial charge is 0.178 e. The monoisotopic (exact) mass is 617 g/mol. The van der Waals surface area contributed by atoms with Gasteiger partial charge < -0.3 is 9.64 Å². The van der Waals surface area contributed by atoms with Crippen LogP contribution in [0.15, 0.2) is 164 Å². The summed E-state index contributed by atoms with van der Waals surface area (Å²) in [4.78, 5) is 2.30. The number of nitrogens with zero attached hydrogens (tertiary/aromatic N) is 1. The van der Waals surface area contributed by atoms with Crippen molar-refractivity contribution in [3.63, 3.8) is 0 Å². The number of para-hydroxylation sites is 2. The summed E-state index contributed by atoms with van der Waals surface area (Å²) in [6.45, 7) is 4.61. The van der Waals surface area contributed by atoms with Gasteiger partial charge in [-0.1, -0.05) is 141 Å². The maximum absolute atomic E-state index is 7.50. The summed E-state index contributed by atoms with van der Waals surface area (Å²) in [7, 11) is 0. The molecule has 0 saturated carbocycles. The minimum Gasteiger partial charge on any atom is -0.472 e. The largest absolute Gasteiger partial charge is 0.472 e. The number of benzene rings is 7. The van der Waals surface area contributed by atoms with E-state index in [1.165, 1.54) is 44.2 Å². The molecular weight excluding hydrogens is 583 g/mol. The third-order valence-electron chi connectivity index (χ3n) is 9.96. The minimum atomic E-state index is -0.809. The molecule has 230 valence electrons. The van der Waals surface area contributed by atoms with Crippen molar-refractivity contribution in [1.82, 2.24) is 0 Å². The van der Waals surface area contributed by atoms with Crippen LogP contribution in [0.1, 0.15) is 42.0 Å². The zero-order valence-corrected chi connectivity index (χ0v) is 27.1. The Morgan fingerprint density at radius 3 is 1.71 bits per heavy atom. The third kappa shape index (κ3) is 4.26. The Morgan fingerprint density at radius 2 is 1.06 bits per heavy atom. The number of anilines is 3. The number of hydrogen-bond donors (Lipinski definition) is 0. The normalized spacial score (nSPS) is 15.6. The van der Waals surface area contributed by atoms with Crippen LogP contribution < -0.4 is 9.64 Å². The number of rotatable bonds is 6. The molecule has 0 amide bonds. The van der Waals surface area contributed by atoms with E-state index >= 15 is 0 Å². The Morgan fingerprint density at radius 1 is 0.521 bits per heavy atom. The van der Waals surface area contributed by atoms with E-state index in [0.29, 0.717) is 5.92 Å². The van der Waals surface area contributed by atoms with Crippen molar-refractivity contribution < 1.29 is 4.74 Å². The summed E-state index contributed by atoms with van der Waals surface area (Å²) >= 11 is 0. The Balaban J connectivity index is 1.24. The molecule has 0 aromatic heterocycles. The van der Waals surface area contributed by atoms with Gasteiger partial charge in [0.25, 0.3) is 0 Å². The molecule has 1 unspecified atom stereocenters. The highest BCUT2D eigenvalue weighted by Gasteiger charge is 2.40. The summed E-state index contributed by atoms with van der Waals surface area (Å²) in [5, 5.41) is 2.47. The van der Waals surface area contributed by atoms with Crippen LogP contribution in [0.2, 0.25) is 0 Å². The van der Waals surface area contributed by atoms with E-state index in [-0.39, 0.29) is 0 Å². The first-order valence-corrected chi connectivity index (χ1v) is 16.8.